The van der Waals surface area contributed by atoms with Gasteiger partial charge < -0.3 is 5.32 Å². The standard InChI is InChI=1S/C17H23NO3S/c1-13(15-8-10-16(11-9-15)22(2,20)21)18-17(19)12-14-6-4-3-5-7-14/h8-13H,3-7H2,1-2H3,(H,18,19). The van der Waals surface area contributed by atoms with Crippen molar-refractivity contribution >= 4 is 15.7 Å². The number of rotatable bonds is 4. The van der Waals surface area contributed by atoms with Crippen molar-refractivity contribution in [1.29, 1.82) is 0 Å². The molecule has 2 rings (SSSR count). The summed E-state index contributed by atoms with van der Waals surface area (Å²) in [6.07, 6.45) is 8.53. The Bertz CT molecular complexity index is 652. The Morgan fingerprint density at radius 1 is 1.14 bits per heavy atom. The Labute approximate surface area is 132 Å². The fraction of sp³-hybridized carbons (Fsp3) is 0.471. The van der Waals surface area contributed by atoms with E-state index in [1.54, 1.807) is 30.3 Å². The third-order valence-corrected chi connectivity index (χ3v) is 5.13. The molecule has 0 aromatic heterocycles. The zero-order valence-corrected chi connectivity index (χ0v) is 13.9. The normalized spacial score (nSPS) is 16.9. The number of benzene rings is 1. The van der Waals surface area contributed by atoms with Crippen LogP contribution in [0.15, 0.2) is 40.8 Å². The molecule has 1 unspecified atom stereocenters. The van der Waals surface area contributed by atoms with Crippen molar-refractivity contribution in [2.75, 3.05) is 6.26 Å². The molecule has 0 bridgehead atoms. The van der Waals surface area contributed by atoms with E-state index in [2.05, 4.69) is 5.32 Å². The average molecular weight is 321 g/mol. The highest BCUT2D eigenvalue weighted by Gasteiger charge is 2.12. The molecule has 1 aliphatic rings. The molecule has 1 fully saturated rings. The number of hydrogen-bond donors (Lipinski definition) is 1. The molecule has 1 aromatic rings. The van der Waals surface area contributed by atoms with Crippen LogP contribution in [0.3, 0.4) is 0 Å². The molecule has 0 spiro atoms. The molecule has 4 nitrogen and oxygen atoms in total. The lowest BCUT2D eigenvalue weighted by Gasteiger charge is -2.16. The van der Waals surface area contributed by atoms with Crippen LogP contribution in [0.4, 0.5) is 0 Å². The molecule has 1 N–H and O–H groups in total. The maximum Gasteiger partial charge on any atom is 0.244 e. The van der Waals surface area contributed by atoms with Gasteiger partial charge in [-0.3, -0.25) is 4.79 Å². The number of carbonyl (C=O) groups excluding carboxylic acids is 1. The molecular formula is C17H23NO3S. The summed E-state index contributed by atoms with van der Waals surface area (Å²) in [6, 6.07) is 6.49. The summed E-state index contributed by atoms with van der Waals surface area (Å²) in [7, 11) is -3.18. The molecule has 1 aliphatic carbocycles. The fourth-order valence-corrected chi connectivity index (χ4v) is 3.31. The summed E-state index contributed by atoms with van der Waals surface area (Å²) in [5, 5.41) is 2.94. The second-order valence-electron chi connectivity index (χ2n) is 5.93. The third kappa shape index (κ3) is 4.70. The minimum absolute atomic E-state index is 0.0726. The first-order valence-electron chi connectivity index (χ1n) is 7.66. The molecule has 0 radical (unpaired) electrons. The van der Waals surface area contributed by atoms with Gasteiger partial charge in [-0.15, -0.1) is 0 Å². The Morgan fingerprint density at radius 3 is 2.27 bits per heavy atom. The van der Waals surface area contributed by atoms with E-state index in [0.29, 0.717) is 4.90 Å². The second kappa shape index (κ2) is 7.09. The summed E-state index contributed by atoms with van der Waals surface area (Å²) in [5.74, 6) is -0.0726. The molecule has 0 heterocycles. The first-order valence-corrected chi connectivity index (χ1v) is 9.55. The molecule has 1 atom stereocenters. The van der Waals surface area contributed by atoms with Crippen molar-refractivity contribution < 1.29 is 13.2 Å². The number of allylic oxidation sites excluding steroid dienone is 1. The van der Waals surface area contributed by atoms with Crippen LogP contribution in [0.1, 0.15) is 50.6 Å². The third-order valence-electron chi connectivity index (χ3n) is 4.00. The highest BCUT2D eigenvalue weighted by molar-refractivity contribution is 7.90. The van der Waals surface area contributed by atoms with Crippen LogP contribution in [0, 0.1) is 0 Å². The van der Waals surface area contributed by atoms with E-state index in [9.17, 15) is 13.2 Å². The van der Waals surface area contributed by atoms with Gasteiger partial charge in [-0.2, -0.15) is 0 Å². The van der Waals surface area contributed by atoms with Crippen LogP contribution < -0.4 is 5.32 Å². The maximum absolute atomic E-state index is 12.0. The number of carbonyl (C=O) groups is 1. The predicted octanol–water partition coefficient (Wildman–Crippen LogP) is 3.16. The first-order chi connectivity index (χ1) is 10.4. The second-order valence-corrected chi connectivity index (χ2v) is 7.95. The van der Waals surface area contributed by atoms with Crippen molar-refractivity contribution in [2.45, 2.75) is 50.0 Å². The van der Waals surface area contributed by atoms with E-state index in [-0.39, 0.29) is 11.9 Å². The van der Waals surface area contributed by atoms with Gasteiger partial charge in [0.15, 0.2) is 9.84 Å². The summed E-state index contributed by atoms with van der Waals surface area (Å²) in [5.41, 5.74) is 2.12. The number of sulfone groups is 1. The molecule has 1 saturated carbocycles. The van der Waals surface area contributed by atoms with E-state index in [4.69, 9.17) is 0 Å². The minimum atomic E-state index is -3.18. The van der Waals surface area contributed by atoms with E-state index in [0.717, 1.165) is 18.4 Å². The molecule has 0 aliphatic heterocycles. The van der Waals surface area contributed by atoms with Crippen LogP contribution in [0.5, 0.6) is 0 Å². The summed E-state index contributed by atoms with van der Waals surface area (Å²) in [6.45, 7) is 1.90. The topological polar surface area (TPSA) is 63.2 Å². The van der Waals surface area contributed by atoms with Gasteiger partial charge >= 0.3 is 0 Å². The van der Waals surface area contributed by atoms with Crippen molar-refractivity contribution in [3.8, 4) is 0 Å². The van der Waals surface area contributed by atoms with Gasteiger partial charge in [-0.1, -0.05) is 24.1 Å². The quantitative estimate of drug-likeness (QED) is 0.866. The van der Waals surface area contributed by atoms with E-state index < -0.39 is 9.84 Å². The van der Waals surface area contributed by atoms with Gasteiger partial charge in [-0.25, -0.2) is 8.42 Å². The van der Waals surface area contributed by atoms with E-state index >= 15 is 0 Å². The van der Waals surface area contributed by atoms with Crippen LogP contribution in [0.25, 0.3) is 0 Å². The van der Waals surface area contributed by atoms with Gasteiger partial charge in [-0.05, 0) is 50.3 Å². The largest absolute Gasteiger partial charge is 0.346 e. The minimum Gasteiger partial charge on any atom is -0.346 e. The monoisotopic (exact) mass is 321 g/mol. The van der Waals surface area contributed by atoms with Gasteiger partial charge in [0.05, 0.1) is 10.9 Å². The maximum atomic E-state index is 12.0. The fourth-order valence-electron chi connectivity index (χ4n) is 2.68. The van der Waals surface area contributed by atoms with Crippen molar-refractivity contribution in [1.82, 2.24) is 5.32 Å². The summed E-state index contributed by atoms with van der Waals surface area (Å²) >= 11 is 0. The lowest BCUT2D eigenvalue weighted by Crippen LogP contribution is -2.25. The van der Waals surface area contributed by atoms with Crippen LogP contribution >= 0.6 is 0 Å². The van der Waals surface area contributed by atoms with Gasteiger partial charge in [0.1, 0.15) is 0 Å². The summed E-state index contributed by atoms with van der Waals surface area (Å²) in [4.78, 5) is 12.3. The van der Waals surface area contributed by atoms with Gasteiger partial charge in [0.25, 0.3) is 0 Å². The Morgan fingerprint density at radius 2 is 1.73 bits per heavy atom. The highest BCUT2D eigenvalue weighted by Crippen LogP contribution is 2.22. The zero-order chi connectivity index (χ0) is 16.2. The van der Waals surface area contributed by atoms with Crippen molar-refractivity contribution in [2.24, 2.45) is 0 Å². The number of hydrogen-bond acceptors (Lipinski definition) is 3. The number of amides is 1. The predicted molar refractivity (Wildman–Crippen MR) is 87.3 cm³/mol. The molecule has 1 amide bonds. The Hall–Kier alpha value is -1.62. The zero-order valence-electron chi connectivity index (χ0n) is 13.1. The van der Waals surface area contributed by atoms with Crippen molar-refractivity contribution in [3.63, 3.8) is 0 Å². The molecule has 120 valence electrons. The highest BCUT2D eigenvalue weighted by atomic mass is 32.2. The van der Waals surface area contributed by atoms with Crippen LogP contribution in [0.2, 0.25) is 0 Å². The van der Waals surface area contributed by atoms with E-state index in [1.807, 2.05) is 6.92 Å². The van der Waals surface area contributed by atoms with Crippen LogP contribution in [-0.4, -0.2) is 20.6 Å². The van der Waals surface area contributed by atoms with Gasteiger partial charge in [0, 0.05) is 12.3 Å². The first kappa shape index (κ1) is 16.7. The lowest BCUT2D eigenvalue weighted by molar-refractivity contribution is -0.117. The Kier molecular flexibility index (Phi) is 5.40. The molecule has 1 aromatic carbocycles. The number of nitrogens with one attached hydrogen (secondary N) is 1. The molecule has 5 heteroatoms. The summed E-state index contributed by atoms with van der Waals surface area (Å²) < 4.78 is 22.9. The molecular weight excluding hydrogens is 298 g/mol. The Balaban J connectivity index is 1.99. The smallest absolute Gasteiger partial charge is 0.244 e. The molecule has 0 saturated heterocycles. The molecule has 22 heavy (non-hydrogen) atoms. The van der Waals surface area contributed by atoms with E-state index in [1.165, 1.54) is 31.1 Å². The van der Waals surface area contributed by atoms with Crippen LogP contribution in [-0.2, 0) is 14.6 Å². The van der Waals surface area contributed by atoms with Crippen molar-refractivity contribution in [3.05, 3.63) is 41.5 Å². The average Bonchev–Trinajstić information content (AvgIpc) is 2.47. The van der Waals surface area contributed by atoms with Gasteiger partial charge in [0.2, 0.25) is 5.91 Å². The lowest BCUT2D eigenvalue weighted by atomic mass is 9.94. The SMILES string of the molecule is CC(NC(=O)C=C1CCCCC1)c1ccc(S(C)(=O)=O)cc1.